The molecule has 112 valence electrons. The molecule has 0 atom stereocenters. The molecule has 4 nitrogen and oxygen atoms in total. The van der Waals surface area contributed by atoms with E-state index in [9.17, 15) is 4.79 Å². The van der Waals surface area contributed by atoms with Crippen molar-refractivity contribution < 1.29 is 9.53 Å². The van der Waals surface area contributed by atoms with Crippen LogP contribution in [0.25, 0.3) is 0 Å². The predicted molar refractivity (Wildman–Crippen MR) is 79.1 cm³/mol. The van der Waals surface area contributed by atoms with E-state index in [1.165, 1.54) is 32.1 Å². The third-order valence-corrected chi connectivity index (χ3v) is 4.54. The zero-order valence-electron chi connectivity index (χ0n) is 12.9. The van der Waals surface area contributed by atoms with Gasteiger partial charge in [-0.3, -0.25) is 9.48 Å². The first-order valence-electron chi connectivity index (χ1n) is 7.77. The Morgan fingerprint density at radius 2 is 2.10 bits per heavy atom. The van der Waals surface area contributed by atoms with Crippen LogP contribution in [0.2, 0.25) is 0 Å². The number of nitrogens with zero attached hydrogens (tertiary/aromatic N) is 2. The van der Waals surface area contributed by atoms with Crippen LogP contribution in [0.5, 0.6) is 5.75 Å². The van der Waals surface area contributed by atoms with E-state index in [4.69, 9.17) is 4.74 Å². The summed E-state index contributed by atoms with van der Waals surface area (Å²) in [5.74, 6) is 1.78. The summed E-state index contributed by atoms with van der Waals surface area (Å²) in [7, 11) is 3.40. The van der Waals surface area contributed by atoms with Crippen molar-refractivity contribution in [1.82, 2.24) is 9.78 Å². The fourth-order valence-electron chi connectivity index (χ4n) is 3.25. The molecule has 1 aliphatic carbocycles. The van der Waals surface area contributed by atoms with Gasteiger partial charge in [0.15, 0.2) is 11.5 Å². The van der Waals surface area contributed by atoms with Crippen LogP contribution >= 0.6 is 0 Å². The molecule has 4 heteroatoms. The lowest BCUT2D eigenvalue weighted by atomic mass is 9.77. The topological polar surface area (TPSA) is 44.1 Å². The van der Waals surface area contributed by atoms with Gasteiger partial charge in [0.1, 0.15) is 5.69 Å². The van der Waals surface area contributed by atoms with Crippen molar-refractivity contribution in [2.75, 3.05) is 7.11 Å². The molecule has 0 aliphatic heterocycles. The number of ketones is 1. The minimum absolute atomic E-state index is 0.150. The smallest absolute Gasteiger partial charge is 0.187 e. The van der Waals surface area contributed by atoms with Gasteiger partial charge in [-0.2, -0.15) is 5.10 Å². The highest BCUT2D eigenvalue weighted by Gasteiger charge is 2.30. The molecule has 1 aromatic heterocycles. The van der Waals surface area contributed by atoms with Gasteiger partial charge in [0.25, 0.3) is 0 Å². The van der Waals surface area contributed by atoms with Crippen LogP contribution in [0, 0.1) is 11.8 Å². The fraction of sp³-hybridized carbons (Fsp3) is 0.750. The Bertz CT molecular complexity index is 445. The van der Waals surface area contributed by atoms with E-state index < -0.39 is 0 Å². The molecular weight excluding hydrogens is 252 g/mol. The average Bonchev–Trinajstić information content (AvgIpc) is 2.86. The molecular formula is C16H26N2O2. The minimum Gasteiger partial charge on any atom is -0.493 e. The van der Waals surface area contributed by atoms with E-state index in [0.717, 1.165) is 18.8 Å². The van der Waals surface area contributed by atoms with E-state index in [-0.39, 0.29) is 11.7 Å². The number of ether oxygens (including phenoxy) is 1. The number of carbonyl (C=O) groups excluding carboxylic acids is 1. The molecule has 20 heavy (non-hydrogen) atoms. The summed E-state index contributed by atoms with van der Waals surface area (Å²) in [6, 6.07) is 0. The summed E-state index contributed by atoms with van der Waals surface area (Å²) in [6.45, 7) is 2.24. The van der Waals surface area contributed by atoms with Crippen LogP contribution in [-0.4, -0.2) is 22.7 Å². The van der Waals surface area contributed by atoms with E-state index in [1.54, 1.807) is 18.0 Å². The van der Waals surface area contributed by atoms with Gasteiger partial charge in [-0.15, -0.1) is 0 Å². The summed E-state index contributed by atoms with van der Waals surface area (Å²) >= 11 is 0. The molecule has 0 unspecified atom stereocenters. The molecule has 0 N–H and O–H groups in total. The average molecular weight is 278 g/mol. The zero-order chi connectivity index (χ0) is 14.5. The quantitative estimate of drug-likeness (QED) is 0.747. The van der Waals surface area contributed by atoms with Crippen molar-refractivity contribution >= 4 is 5.78 Å². The van der Waals surface area contributed by atoms with Gasteiger partial charge in [-0.1, -0.05) is 26.2 Å². The molecule has 1 aromatic rings. The summed E-state index contributed by atoms with van der Waals surface area (Å²) in [4.78, 5) is 12.6. The first kappa shape index (κ1) is 15.1. The Hall–Kier alpha value is -1.32. The Balaban J connectivity index is 1.96. The van der Waals surface area contributed by atoms with Crippen molar-refractivity contribution in [2.24, 2.45) is 18.9 Å². The van der Waals surface area contributed by atoms with Crippen LogP contribution in [0.15, 0.2) is 6.20 Å². The maximum absolute atomic E-state index is 12.6. The number of aromatic nitrogens is 2. The fourth-order valence-corrected chi connectivity index (χ4v) is 3.25. The summed E-state index contributed by atoms with van der Waals surface area (Å²) < 4.78 is 6.89. The van der Waals surface area contributed by atoms with Gasteiger partial charge < -0.3 is 4.74 Å². The van der Waals surface area contributed by atoms with Crippen molar-refractivity contribution in [3.05, 3.63) is 11.9 Å². The highest BCUT2D eigenvalue weighted by atomic mass is 16.5. The number of carbonyl (C=O) groups is 1. The van der Waals surface area contributed by atoms with E-state index in [1.807, 2.05) is 7.05 Å². The van der Waals surface area contributed by atoms with Crippen molar-refractivity contribution in [1.29, 1.82) is 0 Å². The van der Waals surface area contributed by atoms with Gasteiger partial charge in [-0.25, -0.2) is 0 Å². The molecule has 0 amide bonds. The second-order valence-electron chi connectivity index (χ2n) is 5.91. The van der Waals surface area contributed by atoms with Crippen molar-refractivity contribution in [2.45, 2.75) is 51.9 Å². The molecule has 1 heterocycles. The Labute approximate surface area is 121 Å². The summed E-state index contributed by atoms with van der Waals surface area (Å²) in [5.41, 5.74) is 0.629. The maximum atomic E-state index is 12.6. The number of aryl methyl sites for hydroxylation is 1. The van der Waals surface area contributed by atoms with Gasteiger partial charge in [0, 0.05) is 13.0 Å². The van der Waals surface area contributed by atoms with Crippen LogP contribution < -0.4 is 4.74 Å². The standard InChI is InChI=1S/C16H26N2O2/c1-4-5-6-12-7-9-13(10-8-12)16(19)15-14(20-3)11-17-18(15)2/h11-13H,4-10H2,1-3H3. The third-order valence-electron chi connectivity index (χ3n) is 4.54. The Kier molecular flexibility index (Phi) is 5.21. The van der Waals surface area contributed by atoms with Gasteiger partial charge in [0.05, 0.1) is 13.3 Å². The Morgan fingerprint density at radius 1 is 1.40 bits per heavy atom. The summed E-state index contributed by atoms with van der Waals surface area (Å²) in [5, 5.41) is 4.13. The third kappa shape index (κ3) is 3.22. The molecule has 0 spiro atoms. The van der Waals surface area contributed by atoms with Gasteiger partial charge >= 0.3 is 0 Å². The number of methoxy groups -OCH3 is 1. The maximum Gasteiger partial charge on any atom is 0.187 e. The second kappa shape index (κ2) is 6.91. The van der Waals surface area contributed by atoms with E-state index in [2.05, 4.69) is 12.0 Å². The summed E-state index contributed by atoms with van der Waals surface area (Å²) in [6.07, 6.45) is 9.95. The number of hydrogen-bond donors (Lipinski definition) is 0. The SMILES string of the molecule is CCCCC1CCC(C(=O)c2c(OC)cnn2C)CC1. The number of Topliss-reactive ketones (excluding diaryl/α,β-unsaturated/α-hetero) is 1. The van der Waals surface area contributed by atoms with Crippen LogP contribution in [-0.2, 0) is 7.05 Å². The zero-order valence-corrected chi connectivity index (χ0v) is 12.9. The monoisotopic (exact) mass is 278 g/mol. The van der Waals surface area contributed by atoms with Crippen LogP contribution in [0.3, 0.4) is 0 Å². The van der Waals surface area contributed by atoms with Crippen LogP contribution in [0.1, 0.15) is 62.4 Å². The van der Waals surface area contributed by atoms with E-state index in [0.29, 0.717) is 11.4 Å². The molecule has 1 fully saturated rings. The van der Waals surface area contributed by atoms with E-state index >= 15 is 0 Å². The van der Waals surface area contributed by atoms with Crippen molar-refractivity contribution in [3.8, 4) is 5.75 Å². The van der Waals surface area contributed by atoms with Crippen molar-refractivity contribution in [3.63, 3.8) is 0 Å². The predicted octanol–water partition coefficient (Wildman–Crippen LogP) is 3.61. The molecule has 1 aliphatic rings. The molecule has 0 aromatic carbocycles. The molecule has 0 radical (unpaired) electrons. The molecule has 0 bridgehead atoms. The van der Waals surface area contributed by atoms with Gasteiger partial charge in [0.2, 0.25) is 0 Å². The normalized spacial score (nSPS) is 22.8. The lowest BCUT2D eigenvalue weighted by Gasteiger charge is -2.27. The number of rotatable bonds is 6. The lowest BCUT2D eigenvalue weighted by molar-refractivity contribution is 0.0856. The molecule has 0 saturated heterocycles. The highest BCUT2D eigenvalue weighted by molar-refractivity contribution is 5.98. The van der Waals surface area contributed by atoms with Crippen LogP contribution in [0.4, 0.5) is 0 Å². The first-order chi connectivity index (χ1) is 9.67. The lowest BCUT2D eigenvalue weighted by Crippen LogP contribution is -2.24. The molecule has 1 saturated carbocycles. The highest BCUT2D eigenvalue weighted by Crippen LogP contribution is 2.34. The number of unbranched alkanes of at least 4 members (excludes halogenated alkanes) is 1. The number of hydrogen-bond acceptors (Lipinski definition) is 3. The Morgan fingerprint density at radius 3 is 2.70 bits per heavy atom. The van der Waals surface area contributed by atoms with Gasteiger partial charge in [-0.05, 0) is 31.6 Å². The minimum atomic E-state index is 0.150. The molecule has 2 rings (SSSR count). The largest absolute Gasteiger partial charge is 0.493 e. The first-order valence-corrected chi connectivity index (χ1v) is 7.77. The second-order valence-corrected chi connectivity index (χ2v) is 5.91.